The minimum absolute atomic E-state index is 0.256. The van der Waals surface area contributed by atoms with Crippen molar-refractivity contribution in [2.75, 3.05) is 0 Å². The summed E-state index contributed by atoms with van der Waals surface area (Å²) in [5.74, 6) is -0.287. The molecule has 2 aromatic heterocycles. The first-order valence-electron chi connectivity index (χ1n) is 8.84. The summed E-state index contributed by atoms with van der Waals surface area (Å²) in [4.78, 5) is 12.4. The summed E-state index contributed by atoms with van der Waals surface area (Å²) in [6.45, 7) is 4.09. The fourth-order valence-corrected chi connectivity index (χ4v) is 4.06. The van der Waals surface area contributed by atoms with Crippen LogP contribution in [0, 0.1) is 6.92 Å². The summed E-state index contributed by atoms with van der Waals surface area (Å²) in [5.41, 5.74) is 3.72. The van der Waals surface area contributed by atoms with Crippen molar-refractivity contribution in [3.63, 3.8) is 0 Å². The smallest absolute Gasteiger partial charge is 0.319 e. The number of hydrogen-bond acceptors (Lipinski definition) is 5. The number of pyridine rings is 1. The van der Waals surface area contributed by atoms with Crippen LogP contribution in [0.4, 0.5) is 0 Å². The van der Waals surface area contributed by atoms with E-state index in [-0.39, 0.29) is 12.6 Å². The van der Waals surface area contributed by atoms with E-state index in [1.165, 1.54) is 11.8 Å². The van der Waals surface area contributed by atoms with Crippen molar-refractivity contribution < 1.29 is 9.53 Å². The Balaban J connectivity index is 1.58. The number of benzene rings is 2. The van der Waals surface area contributed by atoms with Gasteiger partial charge in [0.1, 0.15) is 11.9 Å². The van der Waals surface area contributed by atoms with E-state index in [9.17, 15) is 4.79 Å². The molecule has 4 aromatic rings. The number of nitrogens with zero attached hydrogens (tertiary/aromatic N) is 3. The fourth-order valence-electron chi connectivity index (χ4n) is 3.02. The molecule has 1 atom stereocenters. The zero-order valence-corrected chi connectivity index (χ0v) is 17.0. The third-order valence-corrected chi connectivity index (χ3v) is 5.72. The Labute approximate surface area is 171 Å². The molecule has 0 aliphatic heterocycles. The molecule has 1 unspecified atom stereocenters. The highest BCUT2D eigenvalue weighted by molar-refractivity contribution is 8.00. The zero-order chi connectivity index (χ0) is 19.7. The second-order valence-corrected chi connectivity index (χ2v) is 8.26. The first-order chi connectivity index (χ1) is 13.5. The molecular weight excluding hydrogens is 394 g/mol. The van der Waals surface area contributed by atoms with E-state index in [4.69, 9.17) is 16.3 Å². The van der Waals surface area contributed by atoms with Crippen molar-refractivity contribution in [1.82, 2.24) is 14.6 Å². The van der Waals surface area contributed by atoms with Crippen LogP contribution in [0.5, 0.6) is 0 Å². The molecule has 0 saturated carbocycles. The zero-order valence-electron chi connectivity index (χ0n) is 15.4. The Hall–Kier alpha value is -2.57. The van der Waals surface area contributed by atoms with Crippen molar-refractivity contribution in [3.05, 3.63) is 70.7 Å². The van der Waals surface area contributed by atoms with Crippen LogP contribution >= 0.6 is 23.4 Å². The van der Waals surface area contributed by atoms with Crippen LogP contribution in [-0.2, 0) is 16.1 Å². The van der Waals surface area contributed by atoms with Gasteiger partial charge in [-0.25, -0.2) is 0 Å². The van der Waals surface area contributed by atoms with E-state index in [1.807, 2.05) is 72.8 Å². The summed E-state index contributed by atoms with van der Waals surface area (Å²) in [5, 5.41) is 10.5. The third kappa shape index (κ3) is 3.70. The van der Waals surface area contributed by atoms with E-state index >= 15 is 0 Å². The van der Waals surface area contributed by atoms with Crippen LogP contribution in [-0.4, -0.2) is 25.8 Å². The lowest BCUT2D eigenvalue weighted by atomic mass is 10.1. The van der Waals surface area contributed by atoms with Crippen molar-refractivity contribution in [3.8, 4) is 0 Å². The standard InChI is InChI=1S/C21H18ClN3O2S/c1-13-10-19-23-24-21(25(19)18-9-8-16(22)11-17(13)18)28-14(2)20(26)27-12-15-6-4-3-5-7-15/h3-11,14H,12H2,1-2H3. The van der Waals surface area contributed by atoms with Crippen molar-refractivity contribution in [2.45, 2.75) is 30.9 Å². The second-order valence-electron chi connectivity index (χ2n) is 6.52. The van der Waals surface area contributed by atoms with Gasteiger partial charge < -0.3 is 4.74 Å². The first-order valence-corrected chi connectivity index (χ1v) is 10.1. The Kier molecular flexibility index (Phi) is 5.24. The van der Waals surface area contributed by atoms with Gasteiger partial charge in [-0.05, 0) is 49.2 Å². The maximum absolute atomic E-state index is 12.4. The van der Waals surface area contributed by atoms with Gasteiger partial charge in [-0.1, -0.05) is 53.7 Å². The number of aryl methyl sites for hydroxylation is 1. The molecule has 0 spiro atoms. The molecule has 0 aliphatic carbocycles. The summed E-state index contributed by atoms with van der Waals surface area (Å²) in [6, 6.07) is 17.3. The number of aromatic nitrogens is 3. The van der Waals surface area contributed by atoms with Gasteiger partial charge in [-0.2, -0.15) is 0 Å². The molecule has 0 fully saturated rings. The van der Waals surface area contributed by atoms with Gasteiger partial charge in [-0.15, -0.1) is 10.2 Å². The molecule has 0 bridgehead atoms. The maximum atomic E-state index is 12.4. The van der Waals surface area contributed by atoms with Gasteiger partial charge in [-0.3, -0.25) is 9.20 Å². The number of fused-ring (bicyclic) bond motifs is 3. The predicted molar refractivity (Wildman–Crippen MR) is 112 cm³/mol. The molecule has 4 rings (SSSR count). The third-order valence-electron chi connectivity index (χ3n) is 4.47. The number of thioether (sulfide) groups is 1. The Bertz CT molecular complexity index is 1160. The molecular formula is C21H18ClN3O2S. The summed E-state index contributed by atoms with van der Waals surface area (Å²) in [6.07, 6.45) is 0. The van der Waals surface area contributed by atoms with Gasteiger partial charge in [0, 0.05) is 10.4 Å². The monoisotopic (exact) mass is 411 g/mol. The van der Waals surface area contributed by atoms with Gasteiger partial charge in [0.2, 0.25) is 0 Å². The molecule has 0 amide bonds. The number of ether oxygens (including phenoxy) is 1. The predicted octanol–water partition coefficient (Wildman–Crippen LogP) is 5.07. The SMILES string of the molecule is Cc1cc2nnc(SC(C)C(=O)OCc3ccccc3)n2c2ccc(Cl)cc12. The average molecular weight is 412 g/mol. The first kappa shape index (κ1) is 18.8. The van der Waals surface area contributed by atoms with E-state index in [1.54, 1.807) is 0 Å². The van der Waals surface area contributed by atoms with Crippen LogP contribution in [0.1, 0.15) is 18.1 Å². The van der Waals surface area contributed by atoms with Crippen LogP contribution < -0.4 is 0 Å². The molecule has 2 aromatic carbocycles. The Morgan fingerprint density at radius 3 is 2.75 bits per heavy atom. The number of esters is 1. The van der Waals surface area contributed by atoms with Crippen LogP contribution in [0.3, 0.4) is 0 Å². The quantitative estimate of drug-likeness (QED) is 0.339. The Morgan fingerprint density at radius 2 is 1.96 bits per heavy atom. The molecule has 142 valence electrons. The van der Waals surface area contributed by atoms with E-state index in [0.29, 0.717) is 10.2 Å². The van der Waals surface area contributed by atoms with E-state index in [0.717, 1.165) is 27.7 Å². The highest BCUT2D eigenvalue weighted by Crippen LogP contribution is 2.29. The summed E-state index contributed by atoms with van der Waals surface area (Å²) in [7, 11) is 0. The van der Waals surface area contributed by atoms with Crippen molar-refractivity contribution in [1.29, 1.82) is 0 Å². The summed E-state index contributed by atoms with van der Waals surface area (Å²) >= 11 is 7.49. The molecule has 0 saturated heterocycles. The van der Waals surface area contributed by atoms with Crippen LogP contribution in [0.25, 0.3) is 16.6 Å². The average Bonchev–Trinajstić information content (AvgIpc) is 3.09. The molecule has 0 radical (unpaired) electrons. The topological polar surface area (TPSA) is 56.5 Å². The number of hydrogen-bond donors (Lipinski definition) is 0. The molecule has 0 aliphatic rings. The van der Waals surface area contributed by atoms with E-state index < -0.39 is 5.25 Å². The van der Waals surface area contributed by atoms with Gasteiger partial charge in [0.15, 0.2) is 10.8 Å². The molecule has 28 heavy (non-hydrogen) atoms. The van der Waals surface area contributed by atoms with Gasteiger partial charge in [0.05, 0.1) is 5.52 Å². The lowest BCUT2D eigenvalue weighted by Gasteiger charge is -2.12. The lowest BCUT2D eigenvalue weighted by Crippen LogP contribution is -2.17. The minimum atomic E-state index is -0.417. The number of halogens is 1. The molecule has 5 nitrogen and oxygen atoms in total. The Morgan fingerprint density at radius 1 is 1.18 bits per heavy atom. The van der Waals surface area contributed by atoms with Crippen LogP contribution in [0.2, 0.25) is 5.02 Å². The van der Waals surface area contributed by atoms with E-state index in [2.05, 4.69) is 10.2 Å². The maximum Gasteiger partial charge on any atom is 0.319 e. The largest absolute Gasteiger partial charge is 0.460 e. The molecule has 7 heteroatoms. The van der Waals surface area contributed by atoms with Gasteiger partial charge in [0.25, 0.3) is 0 Å². The minimum Gasteiger partial charge on any atom is -0.460 e. The van der Waals surface area contributed by atoms with Crippen molar-refractivity contribution in [2.24, 2.45) is 0 Å². The highest BCUT2D eigenvalue weighted by atomic mass is 35.5. The fraction of sp³-hybridized carbons (Fsp3) is 0.190. The number of carbonyl (C=O) groups excluding carboxylic acids is 1. The lowest BCUT2D eigenvalue weighted by molar-refractivity contribution is -0.143. The van der Waals surface area contributed by atoms with Crippen LogP contribution in [0.15, 0.2) is 59.8 Å². The molecule has 0 N–H and O–H groups in total. The van der Waals surface area contributed by atoms with Crippen molar-refractivity contribution >= 4 is 45.9 Å². The molecule has 2 heterocycles. The number of rotatable bonds is 5. The van der Waals surface area contributed by atoms with Gasteiger partial charge >= 0.3 is 5.97 Å². The second kappa shape index (κ2) is 7.81. The number of carbonyl (C=O) groups is 1. The highest BCUT2D eigenvalue weighted by Gasteiger charge is 2.20. The normalized spacial score (nSPS) is 12.4. The summed E-state index contributed by atoms with van der Waals surface area (Å²) < 4.78 is 7.39.